The van der Waals surface area contributed by atoms with Gasteiger partial charge in [-0.15, -0.1) is 17.8 Å². The van der Waals surface area contributed by atoms with Crippen LogP contribution in [0.3, 0.4) is 0 Å². The van der Waals surface area contributed by atoms with Crippen LogP contribution in [0, 0.1) is 12.3 Å². The third-order valence-corrected chi connectivity index (χ3v) is 3.07. The molecule has 0 unspecified atom stereocenters. The van der Waals surface area contributed by atoms with Crippen LogP contribution in [-0.2, 0) is 4.74 Å². The van der Waals surface area contributed by atoms with Crippen LogP contribution in [0.25, 0.3) is 10.6 Å². The molecule has 0 saturated carbocycles. The summed E-state index contributed by atoms with van der Waals surface area (Å²) >= 11 is 1.45. The first-order valence-corrected chi connectivity index (χ1v) is 5.73. The zero-order chi connectivity index (χ0) is 12.3. The standard InChI is InChI=1S/C13H9NO2S/c1-3-11-8-17-12(14-11)9-5-4-6-10(7-9)13(15)16-2/h1,4-8H,2H3. The molecule has 1 aromatic carbocycles. The lowest BCUT2D eigenvalue weighted by molar-refractivity contribution is 0.0601. The average Bonchev–Trinajstić information content (AvgIpc) is 2.86. The smallest absolute Gasteiger partial charge is 0.337 e. The Hall–Kier alpha value is -2.12. The van der Waals surface area contributed by atoms with E-state index in [4.69, 9.17) is 6.42 Å². The first-order chi connectivity index (χ1) is 8.24. The minimum absolute atomic E-state index is 0.361. The molecule has 0 bridgehead atoms. The average molecular weight is 243 g/mol. The number of thiazole rings is 1. The molecule has 2 rings (SSSR count). The lowest BCUT2D eigenvalue weighted by atomic mass is 10.1. The number of hydrogen-bond donors (Lipinski definition) is 0. The Labute approximate surface area is 103 Å². The summed E-state index contributed by atoms with van der Waals surface area (Å²) < 4.78 is 4.67. The van der Waals surface area contributed by atoms with Crippen LogP contribution in [0.4, 0.5) is 0 Å². The van der Waals surface area contributed by atoms with Crippen molar-refractivity contribution in [3.05, 3.63) is 40.9 Å². The van der Waals surface area contributed by atoms with Gasteiger partial charge in [-0.05, 0) is 18.1 Å². The first-order valence-electron chi connectivity index (χ1n) is 4.85. The van der Waals surface area contributed by atoms with E-state index in [2.05, 4.69) is 15.6 Å². The van der Waals surface area contributed by atoms with E-state index in [9.17, 15) is 4.79 Å². The Morgan fingerprint density at radius 3 is 3.00 bits per heavy atom. The molecular weight excluding hydrogens is 234 g/mol. The van der Waals surface area contributed by atoms with E-state index in [-0.39, 0.29) is 5.97 Å². The van der Waals surface area contributed by atoms with Crippen LogP contribution in [0.5, 0.6) is 0 Å². The Balaban J connectivity index is 2.40. The zero-order valence-electron chi connectivity index (χ0n) is 9.14. The van der Waals surface area contributed by atoms with Crippen LogP contribution in [0.15, 0.2) is 29.6 Å². The SMILES string of the molecule is C#Cc1csc(-c2cccc(C(=O)OC)c2)n1. The van der Waals surface area contributed by atoms with E-state index >= 15 is 0 Å². The van der Waals surface area contributed by atoms with Crippen LogP contribution >= 0.6 is 11.3 Å². The summed E-state index contributed by atoms with van der Waals surface area (Å²) in [6.45, 7) is 0. The summed E-state index contributed by atoms with van der Waals surface area (Å²) in [6.07, 6.45) is 5.26. The predicted molar refractivity (Wildman–Crippen MR) is 66.8 cm³/mol. The molecule has 0 radical (unpaired) electrons. The van der Waals surface area contributed by atoms with Gasteiger partial charge < -0.3 is 4.74 Å². The molecule has 0 aliphatic heterocycles. The van der Waals surface area contributed by atoms with E-state index < -0.39 is 0 Å². The predicted octanol–water partition coefficient (Wildman–Crippen LogP) is 2.58. The van der Waals surface area contributed by atoms with Gasteiger partial charge in [0.2, 0.25) is 0 Å². The fourth-order valence-corrected chi connectivity index (χ4v) is 2.13. The quantitative estimate of drug-likeness (QED) is 0.601. The highest BCUT2D eigenvalue weighted by atomic mass is 32.1. The third-order valence-electron chi connectivity index (χ3n) is 2.18. The Morgan fingerprint density at radius 1 is 1.53 bits per heavy atom. The number of ether oxygens (including phenoxy) is 1. The van der Waals surface area contributed by atoms with Crippen molar-refractivity contribution in [3.8, 4) is 22.9 Å². The van der Waals surface area contributed by atoms with Gasteiger partial charge >= 0.3 is 5.97 Å². The van der Waals surface area contributed by atoms with Gasteiger partial charge in [0.05, 0.1) is 12.7 Å². The lowest BCUT2D eigenvalue weighted by Crippen LogP contribution is -2.00. The molecule has 0 N–H and O–H groups in total. The van der Waals surface area contributed by atoms with Gasteiger partial charge in [0.15, 0.2) is 0 Å². The molecule has 0 amide bonds. The monoisotopic (exact) mass is 243 g/mol. The van der Waals surface area contributed by atoms with Gasteiger partial charge in [-0.2, -0.15) is 0 Å². The van der Waals surface area contributed by atoms with Gasteiger partial charge in [0, 0.05) is 10.9 Å². The van der Waals surface area contributed by atoms with Gasteiger partial charge in [0.1, 0.15) is 10.7 Å². The molecule has 1 heterocycles. The number of benzene rings is 1. The lowest BCUT2D eigenvalue weighted by Gasteiger charge is -2.00. The molecule has 0 atom stereocenters. The van der Waals surface area contributed by atoms with Crippen LogP contribution in [-0.4, -0.2) is 18.1 Å². The van der Waals surface area contributed by atoms with Crippen LogP contribution in [0.2, 0.25) is 0 Å². The molecule has 4 heteroatoms. The van der Waals surface area contributed by atoms with Crippen LogP contribution in [0.1, 0.15) is 16.1 Å². The van der Waals surface area contributed by atoms with E-state index in [1.54, 1.807) is 23.6 Å². The highest BCUT2D eigenvalue weighted by Gasteiger charge is 2.08. The van der Waals surface area contributed by atoms with Gasteiger partial charge in [0.25, 0.3) is 0 Å². The summed E-state index contributed by atoms with van der Waals surface area (Å²) in [7, 11) is 1.36. The number of nitrogens with zero attached hydrogens (tertiary/aromatic N) is 1. The number of rotatable bonds is 2. The number of carbonyl (C=O) groups excluding carboxylic acids is 1. The second-order valence-electron chi connectivity index (χ2n) is 3.25. The molecule has 0 aliphatic carbocycles. The van der Waals surface area contributed by atoms with E-state index in [0.717, 1.165) is 10.6 Å². The van der Waals surface area contributed by atoms with Crippen molar-refractivity contribution in [2.45, 2.75) is 0 Å². The van der Waals surface area contributed by atoms with E-state index in [1.807, 2.05) is 6.07 Å². The summed E-state index contributed by atoms with van der Waals surface area (Å²) in [4.78, 5) is 15.6. The number of methoxy groups -OCH3 is 1. The van der Waals surface area contributed by atoms with Crippen molar-refractivity contribution in [2.75, 3.05) is 7.11 Å². The molecule has 0 saturated heterocycles. The maximum Gasteiger partial charge on any atom is 0.337 e. The minimum Gasteiger partial charge on any atom is -0.465 e. The van der Waals surface area contributed by atoms with Crippen molar-refractivity contribution >= 4 is 17.3 Å². The molecule has 0 fully saturated rings. The maximum atomic E-state index is 11.4. The van der Waals surface area contributed by atoms with Crippen molar-refractivity contribution < 1.29 is 9.53 Å². The molecule has 3 nitrogen and oxygen atoms in total. The summed E-state index contributed by atoms with van der Waals surface area (Å²) in [6, 6.07) is 7.11. The molecule has 17 heavy (non-hydrogen) atoms. The normalized spacial score (nSPS) is 9.65. The second-order valence-corrected chi connectivity index (χ2v) is 4.11. The highest BCUT2D eigenvalue weighted by Crippen LogP contribution is 2.24. The van der Waals surface area contributed by atoms with E-state index in [1.165, 1.54) is 18.4 Å². The summed E-state index contributed by atoms with van der Waals surface area (Å²) in [5.41, 5.74) is 1.97. The Morgan fingerprint density at radius 2 is 2.35 bits per heavy atom. The largest absolute Gasteiger partial charge is 0.465 e. The number of esters is 1. The number of hydrogen-bond acceptors (Lipinski definition) is 4. The zero-order valence-corrected chi connectivity index (χ0v) is 9.95. The van der Waals surface area contributed by atoms with Crippen molar-refractivity contribution in [1.82, 2.24) is 4.98 Å². The minimum atomic E-state index is -0.361. The molecule has 84 valence electrons. The summed E-state index contributed by atoms with van der Waals surface area (Å²) in [5.74, 6) is 2.11. The number of terminal acetylenes is 1. The molecule has 1 aromatic heterocycles. The number of aromatic nitrogens is 1. The fourth-order valence-electron chi connectivity index (χ4n) is 1.37. The Kier molecular flexibility index (Phi) is 3.22. The molecule has 0 spiro atoms. The summed E-state index contributed by atoms with van der Waals surface area (Å²) in [5, 5.41) is 2.60. The fraction of sp³-hybridized carbons (Fsp3) is 0.0769. The van der Waals surface area contributed by atoms with Crippen molar-refractivity contribution in [2.24, 2.45) is 0 Å². The second kappa shape index (κ2) is 4.81. The van der Waals surface area contributed by atoms with Crippen molar-refractivity contribution in [1.29, 1.82) is 0 Å². The van der Waals surface area contributed by atoms with Crippen molar-refractivity contribution in [3.63, 3.8) is 0 Å². The van der Waals surface area contributed by atoms with Gasteiger partial charge in [-0.25, -0.2) is 9.78 Å². The van der Waals surface area contributed by atoms with E-state index in [0.29, 0.717) is 11.3 Å². The highest BCUT2D eigenvalue weighted by molar-refractivity contribution is 7.13. The maximum absolute atomic E-state index is 11.4. The topological polar surface area (TPSA) is 39.2 Å². The molecule has 0 aliphatic rings. The molecule has 2 aromatic rings. The van der Waals surface area contributed by atoms with Gasteiger partial charge in [-0.1, -0.05) is 12.1 Å². The van der Waals surface area contributed by atoms with Crippen LogP contribution < -0.4 is 0 Å². The first kappa shape index (κ1) is 11.4. The number of carbonyl (C=O) groups is 1. The Bertz CT molecular complexity index is 595. The third kappa shape index (κ3) is 2.35. The molecular formula is C13H9NO2S. The van der Waals surface area contributed by atoms with Gasteiger partial charge in [-0.3, -0.25) is 0 Å².